The fraction of sp³-hybridized carbons (Fsp3) is 0.500. The number of amides is 1. The molecular weight excluding hydrogens is 242 g/mol. The van der Waals surface area contributed by atoms with Crippen molar-refractivity contribution < 1.29 is 9.53 Å². The molecule has 0 atom stereocenters. The van der Waals surface area contributed by atoms with Gasteiger partial charge < -0.3 is 21.1 Å². The molecule has 4 N–H and O–H groups in total. The molecule has 19 heavy (non-hydrogen) atoms. The molecule has 5 heteroatoms. The minimum atomic E-state index is -0.453. The van der Waals surface area contributed by atoms with E-state index in [1.165, 1.54) is 0 Å². The SMILES string of the molecule is CN(CC1CCOCC1)c1ccc(C(N)=O)cc1N. The van der Waals surface area contributed by atoms with Crippen LogP contribution in [0, 0.1) is 5.92 Å². The Balaban J connectivity index is 2.05. The Morgan fingerprint density at radius 1 is 1.42 bits per heavy atom. The highest BCUT2D eigenvalue weighted by Gasteiger charge is 2.17. The van der Waals surface area contributed by atoms with E-state index in [1.54, 1.807) is 12.1 Å². The summed E-state index contributed by atoms with van der Waals surface area (Å²) >= 11 is 0. The number of carbonyl (C=O) groups excluding carboxylic acids is 1. The van der Waals surface area contributed by atoms with Gasteiger partial charge in [0.1, 0.15) is 0 Å². The normalized spacial score (nSPS) is 16.3. The first-order chi connectivity index (χ1) is 9.08. The van der Waals surface area contributed by atoms with Crippen LogP contribution in [0.2, 0.25) is 0 Å². The van der Waals surface area contributed by atoms with Gasteiger partial charge in [0.25, 0.3) is 0 Å². The number of benzene rings is 1. The molecule has 2 rings (SSSR count). The molecule has 1 saturated heterocycles. The Labute approximate surface area is 113 Å². The smallest absolute Gasteiger partial charge is 0.248 e. The number of hydrogen-bond acceptors (Lipinski definition) is 4. The minimum Gasteiger partial charge on any atom is -0.397 e. The first-order valence-electron chi connectivity index (χ1n) is 6.56. The van der Waals surface area contributed by atoms with Gasteiger partial charge in [0.15, 0.2) is 0 Å². The summed E-state index contributed by atoms with van der Waals surface area (Å²) in [5.41, 5.74) is 13.2. The lowest BCUT2D eigenvalue weighted by Gasteiger charge is -2.29. The van der Waals surface area contributed by atoms with E-state index in [-0.39, 0.29) is 0 Å². The number of nitrogen functional groups attached to an aromatic ring is 1. The molecule has 0 spiro atoms. The van der Waals surface area contributed by atoms with E-state index in [1.807, 2.05) is 13.1 Å². The van der Waals surface area contributed by atoms with Crippen molar-refractivity contribution in [3.8, 4) is 0 Å². The van der Waals surface area contributed by atoms with Crippen LogP contribution in [0.25, 0.3) is 0 Å². The number of nitrogens with zero attached hydrogens (tertiary/aromatic N) is 1. The van der Waals surface area contributed by atoms with Crippen LogP contribution in [0.1, 0.15) is 23.2 Å². The maximum absolute atomic E-state index is 11.1. The molecule has 1 aliphatic rings. The maximum atomic E-state index is 11.1. The molecule has 0 bridgehead atoms. The standard InChI is InChI=1S/C14H21N3O2/c1-17(9-10-4-6-19-7-5-10)13-3-2-11(14(16)18)8-12(13)15/h2-3,8,10H,4-7,9,15H2,1H3,(H2,16,18). The van der Waals surface area contributed by atoms with E-state index in [0.717, 1.165) is 38.3 Å². The van der Waals surface area contributed by atoms with Crippen molar-refractivity contribution in [2.45, 2.75) is 12.8 Å². The van der Waals surface area contributed by atoms with Crippen LogP contribution in [-0.2, 0) is 4.74 Å². The molecule has 1 aromatic rings. The number of nitrogens with two attached hydrogens (primary N) is 2. The summed E-state index contributed by atoms with van der Waals surface area (Å²) in [6, 6.07) is 5.21. The van der Waals surface area contributed by atoms with Gasteiger partial charge in [-0.05, 0) is 37.0 Å². The second-order valence-electron chi connectivity index (χ2n) is 5.07. The van der Waals surface area contributed by atoms with E-state index < -0.39 is 5.91 Å². The van der Waals surface area contributed by atoms with Gasteiger partial charge in [-0.15, -0.1) is 0 Å². The molecule has 1 fully saturated rings. The van der Waals surface area contributed by atoms with Gasteiger partial charge in [0.05, 0.1) is 11.4 Å². The quantitative estimate of drug-likeness (QED) is 0.801. The predicted octanol–water partition coefficient (Wildman–Crippen LogP) is 1.23. The Kier molecular flexibility index (Phi) is 4.27. The Morgan fingerprint density at radius 2 is 2.11 bits per heavy atom. The van der Waals surface area contributed by atoms with E-state index in [2.05, 4.69) is 4.90 Å². The number of anilines is 2. The van der Waals surface area contributed by atoms with Crippen LogP contribution in [-0.4, -0.2) is 32.7 Å². The van der Waals surface area contributed by atoms with Gasteiger partial charge in [0.2, 0.25) is 5.91 Å². The van der Waals surface area contributed by atoms with Gasteiger partial charge in [0, 0.05) is 32.4 Å². The van der Waals surface area contributed by atoms with Crippen molar-refractivity contribution in [2.24, 2.45) is 11.7 Å². The summed E-state index contributed by atoms with van der Waals surface area (Å²) in [4.78, 5) is 13.2. The van der Waals surface area contributed by atoms with Crippen LogP contribution < -0.4 is 16.4 Å². The lowest BCUT2D eigenvalue weighted by molar-refractivity contribution is 0.0685. The fourth-order valence-corrected chi connectivity index (χ4v) is 2.47. The highest BCUT2D eigenvalue weighted by molar-refractivity contribution is 5.94. The molecule has 1 aromatic carbocycles. The molecule has 104 valence electrons. The van der Waals surface area contributed by atoms with Crippen LogP contribution >= 0.6 is 0 Å². The van der Waals surface area contributed by atoms with Gasteiger partial charge in [-0.25, -0.2) is 0 Å². The van der Waals surface area contributed by atoms with E-state index in [9.17, 15) is 4.79 Å². The van der Waals surface area contributed by atoms with Crippen molar-refractivity contribution in [3.05, 3.63) is 23.8 Å². The summed E-state index contributed by atoms with van der Waals surface area (Å²) in [6.45, 7) is 2.63. The molecule has 0 saturated carbocycles. The molecule has 0 radical (unpaired) electrons. The van der Waals surface area contributed by atoms with E-state index >= 15 is 0 Å². The highest BCUT2D eigenvalue weighted by Crippen LogP contribution is 2.26. The number of rotatable bonds is 4. The van der Waals surface area contributed by atoms with E-state index in [4.69, 9.17) is 16.2 Å². The average molecular weight is 263 g/mol. The van der Waals surface area contributed by atoms with Crippen LogP contribution in [0.4, 0.5) is 11.4 Å². The van der Waals surface area contributed by atoms with Gasteiger partial charge in [-0.2, -0.15) is 0 Å². The Hall–Kier alpha value is -1.75. The lowest BCUT2D eigenvalue weighted by Crippen LogP contribution is -2.30. The largest absolute Gasteiger partial charge is 0.397 e. The van der Waals surface area contributed by atoms with Crippen molar-refractivity contribution in [2.75, 3.05) is 37.4 Å². The zero-order chi connectivity index (χ0) is 13.8. The molecule has 1 aliphatic heterocycles. The number of hydrogen-bond donors (Lipinski definition) is 2. The van der Waals surface area contributed by atoms with Crippen molar-refractivity contribution in [3.63, 3.8) is 0 Å². The first-order valence-corrected chi connectivity index (χ1v) is 6.56. The third-order valence-corrected chi connectivity index (χ3v) is 3.60. The van der Waals surface area contributed by atoms with Gasteiger partial charge in [-0.3, -0.25) is 4.79 Å². The third-order valence-electron chi connectivity index (χ3n) is 3.60. The zero-order valence-corrected chi connectivity index (χ0v) is 11.3. The van der Waals surface area contributed by atoms with E-state index in [0.29, 0.717) is 17.2 Å². The summed E-state index contributed by atoms with van der Waals surface area (Å²) in [5, 5.41) is 0. The van der Waals surface area contributed by atoms with Crippen molar-refractivity contribution in [1.82, 2.24) is 0 Å². The number of primary amides is 1. The van der Waals surface area contributed by atoms with Crippen molar-refractivity contribution in [1.29, 1.82) is 0 Å². The van der Waals surface area contributed by atoms with Crippen molar-refractivity contribution >= 4 is 17.3 Å². The fourth-order valence-electron chi connectivity index (χ4n) is 2.47. The predicted molar refractivity (Wildman–Crippen MR) is 76.2 cm³/mol. The van der Waals surface area contributed by atoms with Crippen LogP contribution in [0.15, 0.2) is 18.2 Å². The minimum absolute atomic E-state index is 0.445. The molecule has 5 nitrogen and oxygen atoms in total. The van der Waals surface area contributed by atoms with Gasteiger partial charge >= 0.3 is 0 Å². The molecule has 0 aliphatic carbocycles. The lowest BCUT2D eigenvalue weighted by atomic mass is 9.99. The molecule has 0 unspecified atom stereocenters. The number of carbonyl (C=O) groups is 1. The topological polar surface area (TPSA) is 81.6 Å². The monoisotopic (exact) mass is 263 g/mol. The zero-order valence-electron chi connectivity index (χ0n) is 11.3. The molecular formula is C14H21N3O2. The van der Waals surface area contributed by atoms with Crippen LogP contribution in [0.3, 0.4) is 0 Å². The first kappa shape index (κ1) is 13.7. The average Bonchev–Trinajstić information content (AvgIpc) is 2.39. The summed E-state index contributed by atoms with van der Waals surface area (Å²) in [6.07, 6.45) is 2.17. The maximum Gasteiger partial charge on any atom is 0.248 e. The number of ether oxygens (including phenoxy) is 1. The second-order valence-corrected chi connectivity index (χ2v) is 5.07. The molecule has 1 heterocycles. The second kappa shape index (κ2) is 5.93. The van der Waals surface area contributed by atoms with Crippen LogP contribution in [0.5, 0.6) is 0 Å². The Bertz CT molecular complexity index is 456. The summed E-state index contributed by atoms with van der Waals surface area (Å²) in [5.74, 6) is 0.180. The molecule has 1 amide bonds. The summed E-state index contributed by atoms with van der Waals surface area (Å²) < 4.78 is 5.36. The summed E-state index contributed by atoms with van der Waals surface area (Å²) in [7, 11) is 2.02. The Morgan fingerprint density at radius 3 is 2.68 bits per heavy atom. The highest BCUT2D eigenvalue weighted by atomic mass is 16.5. The van der Waals surface area contributed by atoms with Gasteiger partial charge in [-0.1, -0.05) is 0 Å². The third kappa shape index (κ3) is 3.38. The molecule has 0 aromatic heterocycles.